The van der Waals surface area contributed by atoms with Gasteiger partial charge in [0.25, 0.3) is 0 Å². The zero-order valence-corrected chi connectivity index (χ0v) is 11.8. The largest absolute Gasteiger partial charge is 0.372 e. The van der Waals surface area contributed by atoms with Crippen molar-refractivity contribution in [2.75, 3.05) is 13.2 Å². The molecule has 2 nitrogen and oxygen atoms in total. The van der Waals surface area contributed by atoms with E-state index in [0.29, 0.717) is 11.5 Å². The van der Waals surface area contributed by atoms with Crippen LogP contribution in [0.15, 0.2) is 0 Å². The predicted octanol–water partition coefficient (Wildman–Crippen LogP) is 3.50. The first-order chi connectivity index (χ1) is 8.02. The lowest BCUT2D eigenvalue weighted by Crippen LogP contribution is -2.58. The van der Waals surface area contributed by atoms with Crippen molar-refractivity contribution in [1.82, 2.24) is 5.32 Å². The number of rotatable bonds is 2. The number of hydrogen-bond donors (Lipinski definition) is 1. The van der Waals surface area contributed by atoms with Crippen molar-refractivity contribution >= 4 is 0 Å². The SMILES string of the molecule is CC(C)(C)CCC1NCCOC12CCCCC2. The molecule has 1 spiro atoms. The summed E-state index contributed by atoms with van der Waals surface area (Å²) < 4.78 is 6.22. The molecule has 0 aromatic rings. The Balaban J connectivity index is 1.96. The monoisotopic (exact) mass is 239 g/mol. The highest BCUT2D eigenvalue weighted by Gasteiger charge is 2.42. The van der Waals surface area contributed by atoms with Crippen LogP contribution in [-0.2, 0) is 4.74 Å². The summed E-state index contributed by atoms with van der Waals surface area (Å²) >= 11 is 0. The third-order valence-corrected chi connectivity index (χ3v) is 4.40. The van der Waals surface area contributed by atoms with Gasteiger partial charge >= 0.3 is 0 Å². The standard InChI is InChI=1S/C15H29NO/c1-14(2,3)10-7-13-15(17-12-11-16-13)8-5-4-6-9-15/h13,16H,4-12H2,1-3H3. The van der Waals surface area contributed by atoms with Gasteiger partial charge in [-0.1, -0.05) is 40.0 Å². The number of morpholine rings is 1. The van der Waals surface area contributed by atoms with Crippen LogP contribution in [0.2, 0.25) is 0 Å². The molecule has 2 heteroatoms. The van der Waals surface area contributed by atoms with Gasteiger partial charge in [0, 0.05) is 12.6 Å². The minimum atomic E-state index is 0.182. The predicted molar refractivity (Wildman–Crippen MR) is 72.2 cm³/mol. The summed E-state index contributed by atoms with van der Waals surface area (Å²) in [5, 5.41) is 3.73. The van der Waals surface area contributed by atoms with Gasteiger partial charge in [0.2, 0.25) is 0 Å². The van der Waals surface area contributed by atoms with Crippen LogP contribution in [0.4, 0.5) is 0 Å². The molecule has 2 fully saturated rings. The van der Waals surface area contributed by atoms with Gasteiger partial charge in [0.05, 0.1) is 12.2 Å². The van der Waals surface area contributed by atoms with Gasteiger partial charge in [-0.05, 0) is 31.1 Å². The topological polar surface area (TPSA) is 21.3 Å². The van der Waals surface area contributed by atoms with Crippen LogP contribution in [0.3, 0.4) is 0 Å². The molecule has 0 amide bonds. The van der Waals surface area contributed by atoms with E-state index in [1.807, 2.05) is 0 Å². The maximum atomic E-state index is 6.22. The molecule has 1 heterocycles. The minimum absolute atomic E-state index is 0.182. The van der Waals surface area contributed by atoms with Crippen molar-refractivity contribution in [3.63, 3.8) is 0 Å². The summed E-state index contributed by atoms with van der Waals surface area (Å²) in [6, 6.07) is 0.593. The maximum absolute atomic E-state index is 6.22. The normalized spacial score (nSPS) is 29.5. The Labute approximate surface area is 107 Å². The Morgan fingerprint density at radius 2 is 1.88 bits per heavy atom. The molecule has 1 unspecified atom stereocenters. The highest BCUT2D eigenvalue weighted by atomic mass is 16.5. The first-order valence-electron chi connectivity index (χ1n) is 7.39. The molecule has 1 N–H and O–H groups in total. The summed E-state index contributed by atoms with van der Waals surface area (Å²) in [7, 11) is 0. The molecule has 1 saturated carbocycles. The summed E-state index contributed by atoms with van der Waals surface area (Å²) in [5.41, 5.74) is 0.622. The third kappa shape index (κ3) is 3.45. The second-order valence-corrected chi connectivity index (χ2v) is 7.08. The highest BCUT2D eigenvalue weighted by molar-refractivity contribution is 4.98. The second-order valence-electron chi connectivity index (χ2n) is 7.08. The zero-order valence-electron chi connectivity index (χ0n) is 11.8. The fourth-order valence-corrected chi connectivity index (χ4v) is 3.36. The van der Waals surface area contributed by atoms with E-state index in [-0.39, 0.29) is 5.60 Å². The van der Waals surface area contributed by atoms with Gasteiger partial charge in [-0.2, -0.15) is 0 Å². The van der Waals surface area contributed by atoms with E-state index < -0.39 is 0 Å². The van der Waals surface area contributed by atoms with Crippen LogP contribution >= 0.6 is 0 Å². The molecular formula is C15H29NO. The molecular weight excluding hydrogens is 210 g/mol. The number of ether oxygens (including phenoxy) is 1. The van der Waals surface area contributed by atoms with Crippen molar-refractivity contribution in [1.29, 1.82) is 0 Å². The van der Waals surface area contributed by atoms with E-state index in [9.17, 15) is 0 Å². The van der Waals surface area contributed by atoms with Crippen LogP contribution in [0.1, 0.15) is 65.7 Å². The molecule has 1 aliphatic carbocycles. The van der Waals surface area contributed by atoms with Gasteiger partial charge < -0.3 is 10.1 Å². The summed E-state index contributed by atoms with van der Waals surface area (Å²) in [6.45, 7) is 8.96. The van der Waals surface area contributed by atoms with E-state index >= 15 is 0 Å². The molecule has 2 rings (SSSR count). The first-order valence-corrected chi connectivity index (χ1v) is 7.39. The Morgan fingerprint density at radius 3 is 2.53 bits per heavy atom. The Morgan fingerprint density at radius 1 is 1.18 bits per heavy atom. The molecule has 1 saturated heterocycles. The molecule has 17 heavy (non-hydrogen) atoms. The van der Waals surface area contributed by atoms with E-state index in [1.54, 1.807) is 0 Å². The van der Waals surface area contributed by atoms with Crippen molar-refractivity contribution in [2.24, 2.45) is 5.41 Å². The van der Waals surface area contributed by atoms with Crippen molar-refractivity contribution in [3.8, 4) is 0 Å². The van der Waals surface area contributed by atoms with Crippen molar-refractivity contribution < 1.29 is 4.74 Å². The van der Waals surface area contributed by atoms with Crippen LogP contribution in [0.5, 0.6) is 0 Å². The summed E-state index contributed by atoms with van der Waals surface area (Å²) in [4.78, 5) is 0. The van der Waals surface area contributed by atoms with Crippen molar-refractivity contribution in [2.45, 2.75) is 77.4 Å². The minimum Gasteiger partial charge on any atom is -0.372 e. The van der Waals surface area contributed by atoms with Gasteiger partial charge in [0.1, 0.15) is 0 Å². The van der Waals surface area contributed by atoms with Gasteiger partial charge in [-0.3, -0.25) is 0 Å². The maximum Gasteiger partial charge on any atom is 0.0835 e. The Kier molecular flexibility index (Phi) is 4.14. The Bertz CT molecular complexity index is 230. The molecule has 2 aliphatic rings. The summed E-state index contributed by atoms with van der Waals surface area (Å²) in [5.74, 6) is 0. The molecule has 1 atom stereocenters. The lowest BCUT2D eigenvalue weighted by atomic mass is 9.75. The number of hydrogen-bond acceptors (Lipinski definition) is 2. The first kappa shape index (κ1) is 13.4. The molecule has 0 aromatic carbocycles. The smallest absolute Gasteiger partial charge is 0.0835 e. The van der Waals surface area contributed by atoms with Crippen LogP contribution in [0.25, 0.3) is 0 Å². The second kappa shape index (κ2) is 5.27. The van der Waals surface area contributed by atoms with E-state index in [1.165, 1.54) is 44.9 Å². The van der Waals surface area contributed by atoms with Crippen LogP contribution in [0, 0.1) is 5.41 Å². The molecule has 0 aromatic heterocycles. The Hall–Kier alpha value is -0.0800. The third-order valence-electron chi connectivity index (χ3n) is 4.40. The van der Waals surface area contributed by atoms with Crippen molar-refractivity contribution in [3.05, 3.63) is 0 Å². The van der Waals surface area contributed by atoms with E-state index in [4.69, 9.17) is 4.74 Å². The lowest BCUT2D eigenvalue weighted by molar-refractivity contribution is -0.120. The van der Waals surface area contributed by atoms with E-state index in [0.717, 1.165) is 13.2 Å². The summed E-state index contributed by atoms with van der Waals surface area (Å²) in [6.07, 6.45) is 9.21. The fourth-order valence-electron chi connectivity index (χ4n) is 3.36. The average Bonchev–Trinajstić information content (AvgIpc) is 2.28. The van der Waals surface area contributed by atoms with E-state index in [2.05, 4.69) is 26.1 Å². The van der Waals surface area contributed by atoms with Gasteiger partial charge in [0.15, 0.2) is 0 Å². The van der Waals surface area contributed by atoms with Gasteiger partial charge in [-0.15, -0.1) is 0 Å². The quantitative estimate of drug-likeness (QED) is 0.796. The fraction of sp³-hybridized carbons (Fsp3) is 1.00. The lowest BCUT2D eigenvalue weighted by Gasteiger charge is -2.47. The average molecular weight is 239 g/mol. The molecule has 0 bridgehead atoms. The van der Waals surface area contributed by atoms with Crippen LogP contribution in [-0.4, -0.2) is 24.8 Å². The highest BCUT2D eigenvalue weighted by Crippen LogP contribution is 2.38. The number of nitrogens with one attached hydrogen (secondary N) is 1. The molecule has 0 radical (unpaired) electrons. The molecule has 1 aliphatic heterocycles. The molecule has 100 valence electrons. The van der Waals surface area contributed by atoms with Crippen LogP contribution < -0.4 is 5.32 Å². The van der Waals surface area contributed by atoms with Gasteiger partial charge in [-0.25, -0.2) is 0 Å². The zero-order chi connectivity index (χ0) is 12.4.